The van der Waals surface area contributed by atoms with Crippen LogP contribution in [-0.4, -0.2) is 6.29 Å². The highest BCUT2D eigenvalue weighted by molar-refractivity contribution is 6.33. The fourth-order valence-corrected chi connectivity index (χ4v) is 1.83. The monoisotopic (exact) mass is 268 g/mol. The second-order valence-electron chi connectivity index (χ2n) is 3.48. The highest BCUT2D eigenvalue weighted by Crippen LogP contribution is 2.27. The Morgan fingerprint density at radius 3 is 2.24 bits per heavy atom. The molecule has 0 radical (unpaired) electrons. The van der Waals surface area contributed by atoms with Crippen LogP contribution in [0.2, 0.25) is 10.0 Å². The minimum Gasteiger partial charge on any atom is -0.298 e. The van der Waals surface area contributed by atoms with Crippen LogP contribution in [0.3, 0.4) is 0 Å². The summed E-state index contributed by atoms with van der Waals surface area (Å²) in [5.41, 5.74) is 1.89. The molecule has 0 N–H and O–H groups in total. The predicted molar refractivity (Wildman–Crippen MR) is 67.2 cm³/mol. The Balaban J connectivity index is 2.52. The van der Waals surface area contributed by atoms with Crippen molar-refractivity contribution in [2.24, 2.45) is 0 Å². The molecule has 0 aliphatic heterocycles. The van der Waals surface area contributed by atoms with Crippen molar-refractivity contribution in [2.45, 2.75) is 0 Å². The number of benzene rings is 2. The fraction of sp³-hybridized carbons (Fsp3) is 0. The van der Waals surface area contributed by atoms with Crippen molar-refractivity contribution >= 4 is 29.5 Å². The molecular weight excluding hydrogens is 262 g/mol. The van der Waals surface area contributed by atoms with E-state index >= 15 is 0 Å². The molecule has 0 aliphatic rings. The van der Waals surface area contributed by atoms with E-state index in [1.54, 1.807) is 24.3 Å². The number of rotatable bonds is 2. The Morgan fingerprint density at radius 1 is 0.941 bits per heavy atom. The maximum atomic E-state index is 13.0. The van der Waals surface area contributed by atoms with Gasteiger partial charge in [-0.05, 0) is 35.4 Å². The molecular formula is C13H7Cl2FO. The van der Waals surface area contributed by atoms with Crippen LogP contribution in [0.25, 0.3) is 11.1 Å². The van der Waals surface area contributed by atoms with E-state index in [-0.39, 0.29) is 5.02 Å². The zero-order chi connectivity index (χ0) is 12.4. The summed E-state index contributed by atoms with van der Waals surface area (Å²) in [5.74, 6) is -0.472. The van der Waals surface area contributed by atoms with E-state index in [4.69, 9.17) is 23.2 Å². The first kappa shape index (κ1) is 12.1. The quantitative estimate of drug-likeness (QED) is 0.727. The third-order valence-electron chi connectivity index (χ3n) is 2.38. The van der Waals surface area contributed by atoms with Crippen LogP contribution in [-0.2, 0) is 0 Å². The lowest BCUT2D eigenvalue weighted by atomic mass is 10.0. The molecule has 0 aliphatic carbocycles. The van der Waals surface area contributed by atoms with E-state index in [1.165, 1.54) is 12.1 Å². The Morgan fingerprint density at radius 2 is 1.59 bits per heavy atom. The molecule has 0 aromatic heterocycles. The maximum absolute atomic E-state index is 13.0. The number of aldehydes is 1. The smallest absolute Gasteiger partial charge is 0.151 e. The largest absolute Gasteiger partial charge is 0.298 e. The summed E-state index contributed by atoms with van der Waals surface area (Å²) in [4.78, 5) is 10.8. The van der Waals surface area contributed by atoms with Gasteiger partial charge in [0, 0.05) is 5.56 Å². The predicted octanol–water partition coefficient (Wildman–Crippen LogP) is 4.61. The molecule has 0 bridgehead atoms. The van der Waals surface area contributed by atoms with Crippen LogP contribution >= 0.6 is 23.2 Å². The zero-order valence-electron chi connectivity index (χ0n) is 8.58. The van der Waals surface area contributed by atoms with E-state index in [2.05, 4.69) is 0 Å². The minimum absolute atomic E-state index is 0.0464. The van der Waals surface area contributed by atoms with Gasteiger partial charge >= 0.3 is 0 Å². The highest BCUT2D eigenvalue weighted by Gasteiger charge is 2.06. The van der Waals surface area contributed by atoms with E-state index < -0.39 is 5.82 Å². The summed E-state index contributed by atoms with van der Waals surface area (Å²) in [6.45, 7) is 0. The SMILES string of the molecule is O=Cc1cc(-c2ccc(F)c(Cl)c2)ccc1Cl. The molecule has 0 saturated heterocycles. The van der Waals surface area contributed by atoms with Gasteiger partial charge in [-0.15, -0.1) is 0 Å². The van der Waals surface area contributed by atoms with Crippen LogP contribution in [0.5, 0.6) is 0 Å². The van der Waals surface area contributed by atoms with Crippen molar-refractivity contribution in [3.05, 3.63) is 57.8 Å². The van der Waals surface area contributed by atoms with E-state index in [1.807, 2.05) is 0 Å². The third kappa shape index (κ3) is 2.48. The van der Waals surface area contributed by atoms with Crippen LogP contribution in [0.4, 0.5) is 4.39 Å². The molecule has 2 aromatic rings. The van der Waals surface area contributed by atoms with Gasteiger partial charge in [-0.2, -0.15) is 0 Å². The molecule has 86 valence electrons. The standard InChI is InChI=1S/C13H7Cl2FO/c14-11-3-1-8(5-10(11)7-17)9-2-4-13(16)12(15)6-9/h1-7H. The molecule has 0 atom stereocenters. The molecule has 4 heteroatoms. The molecule has 0 amide bonds. The summed E-state index contributed by atoms with van der Waals surface area (Å²) in [7, 11) is 0. The topological polar surface area (TPSA) is 17.1 Å². The summed E-state index contributed by atoms with van der Waals surface area (Å²) in [6, 6.07) is 9.40. The van der Waals surface area contributed by atoms with Crippen LogP contribution in [0.15, 0.2) is 36.4 Å². The van der Waals surface area contributed by atoms with Crippen molar-refractivity contribution in [1.29, 1.82) is 0 Å². The molecule has 17 heavy (non-hydrogen) atoms. The first-order valence-corrected chi connectivity index (χ1v) is 5.57. The van der Waals surface area contributed by atoms with E-state index in [0.717, 1.165) is 11.1 Å². The Bertz CT molecular complexity index is 582. The number of carbonyl (C=O) groups is 1. The average Bonchev–Trinajstić information content (AvgIpc) is 2.33. The molecule has 0 saturated carbocycles. The molecule has 0 heterocycles. The van der Waals surface area contributed by atoms with Crippen molar-refractivity contribution in [3.8, 4) is 11.1 Å². The summed E-state index contributed by atoms with van der Waals surface area (Å²) in [6.07, 6.45) is 0.678. The first-order chi connectivity index (χ1) is 8.11. The van der Waals surface area contributed by atoms with Crippen LogP contribution in [0, 0.1) is 5.82 Å². The van der Waals surface area contributed by atoms with E-state index in [0.29, 0.717) is 16.9 Å². The lowest BCUT2D eigenvalue weighted by Gasteiger charge is -2.05. The van der Waals surface area contributed by atoms with Gasteiger partial charge in [0.1, 0.15) is 5.82 Å². The number of carbonyl (C=O) groups excluding carboxylic acids is 1. The molecule has 0 spiro atoms. The van der Waals surface area contributed by atoms with Gasteiger partial charge in [0.25, 0.3) is 0 Å². The normalized spacial score (nSPS) is 10.3. The Hall–Kier alpha value is -1.38. The van der Waals surface area contributed by atoms with E-state index in [9.17, 15) is 9.18 Å². The number of hydrogen-bond acceptors (Lipinski definition) is 1. The average molecular weight is 269 g/mol. The Labute approximate surface area is 108 Å². The highest BCUT2D eigenvalue weighted by atomic mass is 35.5. The molecule has 0 fully saturated rings. The fourth-order valence-electron chi connectivity index (χ4n) is 1.49. The third-order valence-corrected chi connectivity index (χ3v) is 3.01. The van der Waals surface area contributed by atoms with Gasteiger partial charge < -0.3 is 0 Å². The summed E-state index contributed by atoms with van der Waals surface area (Å²) >= 11 is 11.5. The Kier molecular flexibility index (Phi) is 3.46. The van der Waals surface area contributed by atoms with Gasteiger partial charge in [0.15, 0.2) is 6.29 Å². The van der Waals surface area contributed by atoms with Crippen molar-refractivity contribution in [2.75, 3.05) is 0 Å². The molecule has 1 nitrogen and oxygen atoms in total. The lowest BCUT2D eigenvalue weighted by Crippen LogP contribution is -1.86. The molecule has 2 aromatic carbocycles. The summed E-state index contributed by atoms with van der Waals surface area (Å²) in [5, 5.41) is 0.432. The lowest BCUT2D eigenvalue weighted by molar-refractivity contribution is 0.112. The first-order valence-electron chi connectivity index (χ1n) is 4.82. The molecule has 0 unspecified atom stereocenters. The van der Waals surface area contributed by atoms with Gasteiger partial charge in [0.05, 0.1) is 10.0 Å². The van der Waals surface area contributed by atoms with Crippen molar-refractivity contribution in [3.63, 3.8) is 0 Å². The van der Waals surface area contributed by atoms with Gasteiger partial charge in [-0.3, -0.25) is 4.79 Å². The van der Waals surface area contributed by atoms with Crippen LogP contribution < -0.4 is 0 Å². The van der Waals surface area contributed by atoms with Crippen LogP contribution in [0.1, 0.15) is 10.4 Å². The zero-order valence-corrected chi connectivity index (χ0v) is 10.1. The second-order valence-corrected chi connectivity index (χ2v) is 4.30. The summed E-state index contributed by atoms with van der Waals surface area (Å²) < 4.78 is 13.0. The van der Waals surface area contributed by atoms with Gasteiger partial charge in [-0.25, -0.2) is 4.39 Å². The second kappa shape index (κ2) is 4.86. The van der Waals surface area contributed by atoms with Crippen molar-refractivity contribution in [1.82, 2.24) is 0 Å². The number of hydrogen-bond donors (Lipinski definition) is 0. The number of halogens is 3. The van der Waals surface area contributed by atoms with Gasteiger partial charge in [0.2, 0.25) is 0 Å². The van der Waals surface area contributed by atoms with Crippen molar-refractivity contribution < 1.29 is 9.18 Å². The molecule has 2 rings (SSSR count). The minimum atomic E-state index is -0.472. The van der Waals surface area contributed by atoms with Gasteiger partial charge in [-0.1, -0.05) is 35.3 Å². The maximum Gasteiger partial charge on any atom is 0.151 e.